The lowest BCUT2D eigenvalue weighted by molar-refractivity contribution is 0.102. The quantitative estimate of drug-likeness (QED) is 0.638. The maximum atomic E-state index is 12.8. The van der Waals surface area contributed by atoms with E-state index in [0.29, 0.717) is 34.9 Å². The summed E-state index contributed by atoms with van der Waals surface area (Å²) in [7, 11) is 1.59. The Labute approximate surface area is 146 Å². The number of rotatable bonds is 7. The number of hydrogen-bond acceptors (Lipinski definition) is 4. The number of carbonyl (C=O) groups is 1. The minimum atomic E-state index is -0.233. The average molecular weight is 339 g/mol. The molecule has 1 aromatic heterocycles. The summed E-state index contributed by atoms with van der Waals surface area (Å²) in [6.07, 6.45) is 3.68. The van der Waals surface area contributed by atoms with Gasteiger partial charge >= 0.3 is 0 Å². The van der Waals surface area contributed by atoms with Crippen LogP contribution in [0, 0.1) is 0 Å². The monoisotopic (exact) mass is 339 g/mol. The van der Waals surface area contributed by atoms with Crippen LogP contribution in [0.25, 0.3) is 10.9 Å². The first-order valence-electron chi connectivity index (χ1n) is 8.27. The molecule has 0 spiro atoms. The molecule has 130 valence electrons. The smallest absolute Gasteiger partial charge is 0.257 e. The number of methoxy groups -OCH3 is 1. The Kier molecular flexibility index (Phi) is 5.18. The van der Waals surface area contributed by atoms with Crippen molar-refractivity contribution in [1.82, 2.24) is 10.2 Å². The van der Waals surface area contributed by atoms with Crippen molar-refractivity contribution in [2.24, 2.45) is 0 Å². The molecule has 2 aromatic carbocycles. The highest BCUT2D eigenvalue weighted by molar-refractivity contribution is 6.12. The zero-order valence-corrected chi connectivity index (χ0v) is 14.3. The third-order valence-electron chi connectivity index (χ3n) is 3.91. The average Bonchev–Trinajstić information content (AvgIpc) is 3.11. The molecule has 0 atom stereocenters. The number of nitrogens with one attached hydrogen (secondary N) is 2. The summed E-state index contributed by atoms with van der Waals surface area (Å²) in [6.45, 7) is 2.70. The van der Waals surface area contributed by atoms with Crippen LogP contribution in [-0.4, -0.2) is 29.8 Å². The number of benzene rings is 2. The molecular formula is C19H21N3O3. The van der Waals surface area contributed by atoms with Crippen molar-refractivity contribution < 1.29 is 14.3 Å². The molecule has 0 unspecified atom stereocenters. The van der Waals surface area contributed by atoms with Gasteiger partial charge in [-0.25, -0.2) is 0 Å². The lowest BCUT2D eigenvalue weighted by Gasteiger charge is -2.14. The minimum Gasteiger partial charge on any atom is -0.497 e. The molecule has 1 heterocycles. The lowest BCUT2D eigenvalue weighted by atomic mass is 10.1. The highest BCUT2D eigenvalue weighted by atomic mass is 16.5. The molecule has 6 nitrogen and oxygen atoms in total. The Bertz CT molecular complexity index is 873. The van der Waals surface area contributed by atoms with Crippen LogP contribution >= 0.6 is 0 Å². The molecule has 0 aliphatic carbocycles. The molecule has 0 aliphatic heterocycles. The van der Waals surface area contributed by atoms with Crippen LogP contribution in [-0.2, 0) is 0 Å². The summed E-state index contributed by atoms with van der Waals surface area (Å²) in [5.74, 6) is 1.04. The largest absolute Gasteiger partial charge is 0.497 e. The Morgan fingerprint density at radius 1 is 1.28 bits per heavy atom. The highest BCUT2D eigenvalue weighted by Gasteiger charge is 2.14. The predicted octanol–water partition coefficient (Wildman–Crippen LogP) is 4.00. The molecule has 0 bridgehead atoms. The summed E-state index contributed by atoms with van der Waals surface area (Å²) in [4.78, 5) is 12.8. The maximum absolute atomic E-state index is 12.8. The van der Waals surface area contributed by atoms with E-state index in [-0.39, 0.29) is 5.91 Å². The second-order valence-corrected chi connectivity index (χ2v) is 5.66. The van der Waals surface area contributed by atoms with Crippen molar-refractivity contribution in [3.05, 3.63) is 48.2 Å². The van der Waals surface area contributed by atoms with Crippen LogP contribution in [0.2, 0.25) is 0 Å². The molecule has 1 amide bonds. The third kappa shape index (κ3) is 3.74. The van der Waals surface area contributed by atoms with Crippen LogP contribution in [0.5, 0.6) is 11.5 Å². The zero-order valence-electron chi connectivity index (χ0n) is 14.3. The number of fused-ring (bicyclic) bond motifs is 1. The van der Waals surface area contributed by atoms with Gasteiger partial charge in [-0.05, 0) is 24.6 Å². The number of unbranched alkanes of at least 4 members (excludes halogenated alkanes) is 1. The van der Waals surface area contributed by atoms with Gasteiger partial charge < -0.3 is 14.8 Å². The molecule has 0 radical (unpaired) electrons. The summed E-state index contributed by atoms with van der Waals surface area (Å²) >= 11 is 0. The van der Waals surface area contributed by atoms with Gasteiger partial charge in [0.25, 0.3) is 5.91 Å². The van der Waals surface area contributed by atoms with E-state index < -0.39 is 0 Å². The third-order valence-corrected chi connectivity index (χ3v) is 3.91. The molecule has 0 aliphatic rings. The number of aromatic amines is 1. The van der Waals surface area contributed by atoms with Crippen molar-refractivity contribution in [3.8, 4) is 11.5 Å². The van der Waals surface area contributed by atoms with Gasteiger partial charge in [-0.15, -0.1) is 0 Å². The minimum absolute atomic E-state index is 0.233. The van der Waals surface area contributed by atoms with Gasteiger partial charge in [0.2, 0.25) is 0 Å². The highest BCUT2D eigenvalue weighted by Crippen LogP contribution is 2.30. The Balaban J connectivity index is 1.87. The van der Waals surface area contributed by atoms with Crippen LogP contribution in [0.1, 0.15) is 30.1 Å². The number of ether oxygens (including phenoxy) is 2. The molecular weight excluding hydrogens is 318 g/mol. The Morgan fingerprint density at radius 3 is 2.96 bits per heavy atom. The van der Waals surface area contributed by atoms with Crippen molar-refractivity contribution in [1.29, 1.82) is 0 Å². The first kappa shape index (κ1) is 16.8. The fourth-order valence-corrected chi connectivity index (χ4v) is 2.53. The Hall–Kier alpha value is -3.02. The number of carbonyl (C=O) groups excluding carboxylic acids is 1. The van der Waals surface area contributed by atoms with E-state index in [1.54, 1.807) is 31.5 Å². The molecule has 2 N–H and O–H groups in total. The number of para-hydroxylation sites is 1. The van der Waals surface area contributed by atoms with Crippen LogP contribution in [0.15, 0.2) is 42.6 Å². The number of H-pyrrole nitrogens is 1. The number of amides is 1. The van der Waals surface area contributed by atoms with Crippen LogP contribution < -0.4 is 14.8 Å². The second-order valence-electron chi connectivity index (χ2n) is 5.66. The molecule has 6 heteroatoms. The standard InChI is InChI=1S/C19H21N3O3/c1-3-4-10-25-17-9-8-14(24-2)11-16(17)21-19(23)15-7-5-6-13-12-20-22-18(13)15/h5-9,11-12H,3-4,10H2,1-2H3,(H,20,22)(H,21,23). The van der Waals surface area contributed by atoms with E-state index in [4.69, 9.17) is 9.47 Å². The molecule has 0 fully saturated rings. The summed E-state index contributed by atoms with van der Waals surface area (Å²) in [5, 5.41) is 10.7. The van der Waals surface area contributed by atoms with Crippen molar-refractivity contribution >= 4 is 22.5 Å². The molecule has 3 rings (SSSR count). The van der Waals surface area contributed by atoms with E-state index in [9.17, 15) is 4.79 Å². The fourth-order valence-electron chi connectivity index (χ4n) is 2.53. The van der Waals surface area contributed by atoms with E-state index in [2.05, 4.69) is 22.4 Å². The van der Waals surface area contributed by atoms with E-state index in [1.165, 1.54) is 0 Å². The number of aromatic nitrogens is 2. The SMILES string of the molecule is CCCCOc1ccc(OC)cc1NC(=O)c1cccc2cn[nH]c12. The first-order chi connectivity index (χ1) is 12.2. The molecule has 0 saturated heterocycles. The van der Waals surface area contributed by atoms with Gasteiger partial charge in [0, 0.05) is 11.5 Å². The van der Waals surface area contributed by atoms with E-state index in [1.807, 2.05) is 18.2 Å². The number of anilines is 1. The molecule has 0 saturated carbocycles. The van der Waals surface area contributed by atoms with Gasteiger partial charge in [0.1, 0.15) is 11.5 Å². The second kappa shape index (κ2) is 7.70. The van der Waals surface area contributed by atoms with Crippen molar-refractivity contribution in [3.63, 3.8) is 0 Å². The molecule has 3 aromatic rings. The molecule has 25 heavy (non-hydrogen) atoms. The number of nitrogens with zero attached hydrogens (tertiary/aromatic N) is 1. The summed E-state index contributed by atoms with van der Waals surface area (Å²) in [5.41, 5.74) is 1.81. The van der Waals surface area contributed by atoms with Crippen molar-refractivity contribution in [2.45, 2.75) is 19.8 Å². The van der Waals surface area contributed by atoms with E-state index >= 15 is 0 Å². The first-order valence-corrected chi connectivity index (χ1v) is 8.27. The zero-order chi connectivity index (χ0) is 17.6. The van der Waals surface area contributed by atoms with E-state index in [0.717, 1.165) is 18.2 Å². The van der Waals surface area contributed by atoms with Gasteiger partial charge in [-0.3, -0.25) is 9.89 Å². The van der Waals surface area contributed by atoms with Crippen LogP contribution in [0.4, 0.5) is 5.69 Å². The van der Waals surface area contributed by atoms with Crippen LogP contribution in [0.3, 0.4) is 0 Å². The Morgan fingerprint density at radius 2 is 2.16 bits per heavy atom. The van der Waals surface area contributed by atoms with Gasteiger partial charge in [-0.2, -0.15) is 5.10 Å². The predicted molar refractivity (Wildman–Crippen MR) is 97.4 cm³/mol. The van der Waals surface area contributed by atoms with Gasteiger partial charge in [-0.1, -0.05) is 25.5 Å². The fraction of sp³-hybridized carbons (Fsp3) is 0.263. The van der Waals surface area contributed by atoms with Crippen molar-refractivity contribution in [2.75, 3.05) is 19.0 Å². The maximum Gasteiger partial charge on any atom is 0.257 e. The van der Waals surface area contributed by atoms with Gasteiger partial charge in [0.15, 0.2) is 0 Å². The topological polar surface area (TPSA) is 76.2 Å². The van der Waals surface area contributed by atoms with Gasteiger partial charge in [0.05, 0.1) is 36.7 Å². The summed E-state index contributed by atoms with van der Waals surface area (Å²) < 4.78 is 11.1. The normalized spacial score (nSPS) is 10.6. The number of hydrogen-bond donors (Lipinski definition) is 2. The lowest BCUT2D eigenvalue weighted by Crippen LogP contribution is -2.14. The summed E-state index contributed by atoms with van der Waals surface area (Å²) in [6, 6.07) is 10.9.